The number of hydrogen-bond acceptors (Lipinski definition) is 5. The summed E-state index contributed by atoms with van der Waals surface area (Å²) in [5, 5.41) is 0. The Kier molecular flexibility index (Phi) is 4.44. The van der Waals surface area contributed by atoms with Gasteiger partial charge in [-0.15, -0.1) is 0 Å². The zero-order chi connectivity index (χ0) is 18.0. The molecular formula is C19H22N4O3. The van der Waals surface area contributed by atoms with Crippen molar-refractivity contribution < 1.29 is 14.0 Å². The van der Waals surface area contributed by atoms with Crippen LogP contribution in [0.3, 0.4) is 0 Å². The Bertz CT molecular complexity index is 757. The highest BCUT2D eigenvalue weighted by atomic mass is 16.3. The fourth-order valence-corrected chi connectivity index (χ4v) is 4.00. The van der Waals surface area contributed by atoms with Crippen LogP contribution < -0.4 is 0 Å². The maximum Gasteiger partial charge on any atom is 0.289 e. The van der Waals surface area contributed by atoms with Crippen LogP contribution in [0.15, 0.2) is 41.4 Å². The number of aromatic nitrogens is 2. The lowest BCUT2D eigenvalue weighted by atomic mass is 9.71. The van der Waals surface area contributed by atoms with Gasteiger partial charge in [0.05, 0.1) is 12.5 Å². The molecule has 2 fully saturated rings. The lowest BCUT2D eigenvalue weighted by Crippen LogP contribution is -2.49. The first kappa shape index (κ1) is 16.8. The fourth-order valence-electron chi connectivity index (χ4n) is 4.00. The highest BCUT2D eigenvalue weighted by Gasteiger charge is 2.40. The number of rotatable bonds is 2. The Morgan fingerprint density at radius 1 is 0.962 bits per heavy atom. The van der Waals surface area contributed by atoms with Gasteiger partial charge in [-0.1, -0.05) is 0 Å². The molecule has 2 aliphatic heterocycles. The number of carbonyl (C=O) groups is 2. The molecule has 0 N–H and O–H groups in total. The maximum absolute atomic E-state index is 12.5. The first-order chi connectivity index (χ1) is 12.7. The van der Waals surface area contributed by atoms with E-state index in [9.17, 15) is 9.59 Å². The van der Waals surface area contributed by atoms with E-state index in [2.05, 4.69) is 9.97 Å². The van der Waals surface area contributed by atoms with Crippen LogP contribution in [0.1, 0.15) is 46.7 Å². The van der Waals surface area contributed by atoms with Gasteiger partial charge in [-0.2, -0.15) is 0 Å². The average molecular weight is 354 g/mol. The van der Waals surface area contributed by atoms with Gasteiger partial charge in [-0.05, 0) is 43.2 Å². The molecule has 26 heavy (non-hydrogen) atoms. The average Bonchev–Trinajstić information content (AvgIpc) is 3.24. The number of likely N-dealkylation sites (tertiary alicyclic amines) is 2. The molecule has 2 aromatic heterocycles. The van der Waals surface area contributed by atoms with Gasteiger partial charge in [-0.25, -0.2) is 4.98 Å². The number of piperidine rings is 2. The number of carbonyl (C=O) groups excluding carboxylic acids is 2. The summed E-state index contributed by atoms with van der Waals surface area (Å²) in [6.07, 6.45) is 10.1. The summed E-state index contributed by atoms with van der Waals surface area (Å²) in [5.41, 5.74) is 0.640. The topological polar surface area (TPSA) is 79.5 Å². The summed E-state index contributed by atoms with van der Waals surface area (Å²) >= 11 is 0. The van der Waals surface area contributed by atoms with Gasteiger partial charge in [0.15, 0.2) is 5.76 Å². The molecular weight excluding hydrogens is 332 g/mol. The van der Waals surface area contributed by atoms with Gasteiger partial charge in [0.2, 0.25) is 0 Å². The molecule has 0 saturated carbocycles. The molecule has 0 atom stereocenters. The lowest BCUT2D eigenvalue weighted by molar-refractivity contribution is 0.0266. The van der Waals surface area contributed by atoms with Gasteiger partial charge in [0.25, 0.3) is 11.8 Å². The fraction of sp³-hybridized carbons (Fsp3) is 0.474. The highest BCUT2D eigenvalue weighted by molar-refractivity contribution is 5.92. The van der Waals surface area contributed by atoms with Crippen LogP contribution >= 0.6 is 0 Å². The predicted molar refractivity (Wildman–Crippen MR) is 93.4 cm³/mol. The summed E-state index contributed by atoms with van der Waals surface area (Å²) in [6, 6.07) is 3.45. The van der Waals surface area contributed by atoms with Crippen molar-refractivity contribution in [1.82, 2.24) is 19.8 Å². The normalized spacial score (nSPS) is 19.5. The third-order valence-electron chi connectivity index (χ3n) is 5.74. The second-order valence-electron chi connectivity index (χ2n) is 7.15. The Morgan fingerprint density at radius 2 is 1.62 bits per heavy atom. The molecule has 2 aliphatic rings. The minimum Gasteiger partial charge on any atom is -0.459 e. The Labute approximate surface area is 152 Å². The quantitative estimate of drug-likeness (QED) is 0.826. The van der Waals surface area contributed by atoms with Crippen molar-refractivity contribution in [1.29, 1.82) is 0 Å². The molecule has 4 heterocycles. The number of furan rings is 1. The molecule has 7 heteroatoms. The summed E-state index contributed by atoms with van der Waals surface area (Å²) < 4.78 is 5.22. The van der Waals surface area contributed by atoms with Gasteiger partial charge in [0.1, 0.15) is 5.69 Å². The number of amides is 2. The van der Waals surface area contributed by atoms with E-state index in [1.807, 2.05) is 9.80 Å². The summed E-state index contributed by atoms with van der Waals surface area (Å²) in [5.74, 6) is 0.337. The van der Waals surface area contributed by atoms with E-state index in [-0.39, 0.29) is 17.2 Å². The first-order valence-corrected chi connectivity index (χ1v) is 9.05. The molecule has 0 aliphatic carbocycles. The largest absolute Gasteiger partial charge is 0.459 e. The molecule has 0 aromatic carbocycles. The molecule has 1 spiro atoms. The van der Waals surface area contributed by atoms with Crippen LogP contribution in [0.5, 0.6) is 0 Å². The van der Waals surface area contributed by atoms with E-state index in [1.165, 1.54) is 12.5 Å². The van der Waals surface area contributed by atoms with Crippen molar-refractivity contribution in [3.05, 3.63) is 48.4 Å². The third-order valence-corrected chi connectivity index (χ3v) is 5.74. The number of hydrogen-bond donors (Lipinski definition) is 0. The van der Waals surface area contributed by atoms with Crippen molar-refractivity contribution in [3.63, 3.8) is 0 Å². The lowest BCUT2D eigenvalue weighted by Gasteiger charge is -2.46. The second kappa shape index (κ2) is 6.90. The van der Waals surface area contributed by atoms with Crippen molar-refractivity contribution in [2.45, 2.75) is 25.7 Å². The summed E-state index contributed by atoms with van der Waals surface area (Å²) in [6.45, 7) is 2.97. The predicted octanol–water partition coefficient (Wildman–Crippen LogP) is 2.23. The standard InChI is InChI=1S/C19H22N4O3/c24-17(15-14-20-7-8-21-15)22-9-3-19(4-10-22)5-11-23(12-6-19)18(25)16-2-1-13-26-16/h1-2,7-8,13-14H,3-6,9-12H2. The molecule has 0 radical (unpaired) electrons. The minimum atomic E-state index is -0.0432. The molecule has 136 valence electrons. The van der Waals surface area contributed by atoms with E-state index >= 15 is 0 Å². The van der Waals surface area contributed by atoms with Crippen molar-refractivity contribution in [2.24, 2.45) is 5.41 Å². The molecule has 7 nitrogen and oxygen atoms in total. The third kappa shape index (κ3) is 3.21. The monoisotopic (exact) mass is 354 g/mol. The zero-order valence-electron chi connectivity index (χ0n) is 14.6. The smallest absolute Gasteiger partial charge is 0.289 e. The molecule has 0 bridgehead atoms. The first-order valence-electron chi connectivity index (χ1n) is 9.05. The van der Waals surface area contributed by atoms with Gasteiger partial charge in [-0.3, -0.25) is 14.6 Å². The van der Waals surface area contributed by atoms with Gasteiger partial charge in [0, 0.05) is 38.6 Å². The van der Waals surface area contributed by atoms with Crippen LogP contribution in [-0.4, -0.2) is 57.8 Å². The zero-order valence-corrected chi connectivity index (χ0v) is 14.6. The van der Waals surface area contributed by atoms with Crippen LogP contribution in [-0.2, 0) is 0 Å². The summed E-state index contributed by atoms with van der Waals surface area (Å²) in [7, 11) is 0. The van der Waals surface area contributed by atoms with Crippen molar-refractivity contribution in [3.8, 4) is 0 Å². The number of nitrogens with zero attached hydrogens (tertiary/aromatic N) is 4. The molecule has 4 rings (SSSR count). The van der Waals surface area contributed by atoms with Gasteiger partial charge >= 0.3 is 0 Å². The Balaban J connectivity index is 1.32. The Hall–Kier alpha value is -2.70. The SMILES string of the molecule is O=C(c1cnccn1)N1CCC2(CC1)CCN(C(=O)c1ccco1)CC2. The Morgan fingerprint density at radius 3 is 2.15 bits per heavy atom. The minimum absolute atomic E-state index is 0.0277. The van der Waals surface area contributed by atoms with E-state index in [4.69, 9.17) is 4.42 Å². The van der Waals surface area contributed by atoms with Crippen LogP contribution in [0.4, 0.5) is 0 Å². The molecule has 2 aromatic rings. The van der Waals surface area contributed by atoms with E-state index < -0.39 is 0 Å². The van der Waals surface area contributed by atoms with Crippen molar-refractivity contribution in [2.75, 3.05) is 26.2 Å². The maximum atomic E-state index is 12.5. The molecule has 2 saturated heterocycles. The van der Waals surface area contributed by atoms with E-state index in [1.54, 1.807) is 24.5 Å². The summed E-state index contributed by atoms with van der Waals surface area (Å²) in [4.78, 5) is 36.7. The van der Waals surface area contributed by atoms with Crippen LogP contribution in [0.2, 0.25) is 0 Å². The second-order valence-corrected chi connectivity index (χ2v) is 7.15. The molecule has 2 amide bonds. The van der Waals surface area contributed by atoms with E-state index in [0.29, 0.717) is 11.5 Å². The van der Waals surface area contributed by atoms with Crippen LogP contribution in [0, 0.1) is 5.41 Å². The van der Waals surface area contributed by atoms with Crippen LogP contribution in [0.25, 0.3) is 0 Å². The molecule has 0 unspecified atom stereocenters. The van der Waals surface area contributed by atoms with Gasteiger partial charge < -0.3 is 14.2 Å². The van der Waals surface area contributed by atoms with E-state index in [0.717, 1.165) is 51.9 Å². The highest BCUT2D eigenvalue weighted by Crippen LogP contribution is 2.41. The van der Waals surface area contributed by atoms with Crippen molar-refractivity contribution >= 4 is 11.8 Å².